The Bertz CT molecular complexity index is 499. The van der Waals surface area contributed by atoms with Gasteiger partial charge < -0.3 is 10.0 Å². The molecule has 1 fully saturated rings. The Labute approximate surface area is 127 Å². The van der Waals surface area contributed by atoms with Gasteiger partial charge >= 0.3 is 0 Å². The zero-order chi connectivity index (χ0) is 15.2. The van der Waals surface area contributed by atoms with Crippen LogP contribution in [0.3, 0.4) is 0 Å². The quantitative estimate of drug-likeness (QED) is 0.329. The molecule has 0 aliphatic carbocycles. The molecule has 0 atom stereocenters. The second kappa shape index (κ2) is 7.33. The summed E-state index contributed by atoms with van der Waals surface area (Å²) in [5.74, 6) is 5.52. The van der Waals surface area contributed by atoms with Crippen LogP contribution in [0.2, 0.25) is 0 Å². The smallest absolute Gasteiger partial charge is 0.237 e. The van der Waals surface area contributed by atoms with Gasteiger partial charge in [-0.2, -0.15) is 0 Å². The van der Waals surface area contributed by atoms with Gasteiger partial charge in [-0.05, 0) is 37.1 Å². The highest BCUT2D eigenvalue weighted by molar-refractivity contribution is 8.00. The molecule has 1 heterocycles. The molecule has 1 aromatic carbocycles. The standard InChI is InChI=1S/C14H19N3O3S/c15-16-14(20)10-5-7-17(8-6-10)13(19)9-21-12-3-1-11(18)2-4-12/h1-4,10,18H,5-9,15H2,(H,16,20). The number of amides is 2. The molecule has 6 nitrogen and oxygen atoms in total. The molecular formula is C14H19N3O3S. The fraction of sp³-hybridized carbons (Fsp3) is 0.429. The summed E-state index contributed by atoms with van der Waals surface area (Å²) in [7, 11) is 0. The van der Waals surface area contributed by atoms with E-state index in [0.717, 1.165) is 4.90 Å². The van der Waals surface area contributed by atoms with E-state index in [0.29, 0.717) is 31.7 Å². The van der Waals surface area contributed by atoms with Crippen molar-refractivity contribution in [2.45, 2.75) is 17.7 Å². The molecule has 0 spiro atoms. The lowest BCUT2D eigenvalue weighted by Gasteiger charge is -2.31. The Morgan fingerprint density at radius 3 is 2.48 bits per heavy atom. The lowest BCUT2D eigenvalue weighted by Crippen LogP contribution is -2.45. The molecule has 0 saturated carbocycles. The average molecular weight is 309 g/mol. The molecule has 2 rings (SSSR count). The normalized spacial score (nSPS) is 15.8. The lowest BCUT2D eigenvalue weighted by atomic mass is 9.96. The van der Waals surface area contributed by atoms with Crippen LogP contribution >= 0.6 is 11.8 Å². The summed E-state index contributed by atoms with van der Waals surface area (Å²) in [6, 6.07) is 6.77. The fourth-order valence-electron chi connectivity index (χ4n) is 2.29. The number of carbonyl (C=O) groups excluding carboxylic acids is 2. The van der Waals surface area contributed by atoms with Gasteiger partial charge in [0.2, 0.25) is 11.8 Å². The van der Waals surface area contributed by atoms with E-state index in [1.165, 1.54) is 11.8 Å². The van der Waals surface area contributed by atoms with Crippen molar-refractivity contribution in [2.75, 3.05) is 18.8 Å². The van der Waals surface area contributed by atoms with E-state index < -0.39 is 0 Å². The minimum atomic E-state index is -0.152. The predicted octanol–water partition coefficient (Wildman–Crippen LogP) is 0.713. The second-order valence-corrected chi connectivity index (χ2v) is 5.99. The Morgan fingerprint density at radius 1 is 1.29 bits per heavy atom. The molecule has 1 saturated heterocycles. The zero-order valence-electron chi connectivity index (χ0n) is 11.6. The molecule has 1 aliphatic heterocycles. The first kappa shape index (κ1) is 15.7. The molecule has 0 unspecified atom stereocenters. The third-order valence-electron chi connectivity index (χ3n) is 3.56. The molecular weight excluding hydrogens is 290 g/mol. The van der Waals surface area contributed by atoms with Crippen LogP contribution in [0.1, 0.15) is 12.8 Å². The second-order valence-electron chi connectivity index (χ2n) is 4.95. The number of carbonyl (C=O) groups is 2. The Kier molecular flexibility index (Phi) is 5.46. The number of nitrogens with two attached hydrogens (primary N) is 1. The van der Waals surface area contributed by atoms with Crippen molar-refractivity contribution in [3.8, 4) is 5.75 Å². The molecule has 0 bridgehead atoms. The maximum absolute atomic E-state index is 12.1. The number of hydrogen-bond donors (Lipinski definition) is 3. The van der Waals surface area contributed by atoms with Crippen molar-refractivity contribution in [2.24, 2.45) is 11.8 Å². The van der Waals surface area contributed by atoms with E-state index in [1.807, 2.05) is 0 Å². The van der Waals surface area contributed by atoms with Gasteiger partial charge in [0, 0.05) is 23.9 Å². The Hall–Kier alpha value is -1.73. The number of nitrogens with one attached hydrogen (secondary N) is 1. The van der Waals surface area contributed by atoms with Crippen molar-refractivity contribution in [3.63, 3.8) is 0 Å². The molecule has 2 amide bonds. The van der Waals surface area contributed by atoms with Gasteiger partial charge in [-0.25, -0.2) is 5.84 Å². The minimum absolute atomic E-state index is 0.0691. The van der Waals surface area contributed by atoms with E-state index in [4.69, 9.17) is 5.84 Å². The van der Waals surface area contributed by atoms with Crippen LogP contribution in [-0.2, 0) is 9.59 Å². The van der Waals surface area contributed by atoms with Crippen LogP contribution in [0.4, 0.5) is 0 Å². The SMILES string of the molecule is NNC(=O)C1CCN(C(=O)CSc2ccc(O)cc2)CC1. The first-order chi connectivity index (χ1) is 10.1. The molecule has 1 aliphatic rings. The maximum atomic E-state index is 12.1. The molecule has 4 N–H and O–H groups in total. The third-order valence-corrected chi connectivity index (χ3v) is 4.56. The van der Waals surface area contributed by atoms with Gasteiger partial charge in [0.15, 0.2) is 0 Å². The fourth-order valence-corrected chi connectivity index (χ4v) is 3.09. The average Bonchev–Trinajstić information content (AvgIpc) is 2.53. The number of thioether (sulfide) groups is 1. The number of piperidine rings is 1. The van der Waals surface area contributed by atoms with Crippen molar-refractivity contribution in [1.82, 2.24) is 10.3 Å². The highest BCUT2D eigenvalue weighted by Crippen LogP contribution is 2.22. The summed E-state index contributed by atoms with van der Waals surface area (Å²) in [5, 5.41) is 9.20. The first-order valence-electron chi connectivity index (χ1n) is 6.80. The summed E-state index contributed by atoms with van der Waals surface area (Å²) in [6.07, 6.45) is 1.30. The number of benzene rings is 1. The van der Waals surface area contributed by atoms with Gasteiger partial charge in [0.05, 0.1) is 5.75 Å². The van der Waals surface area contributed by atoms with Crippen LogP contribution in [0.25, 0.3) is 0 Å². The van der Waals surface area contributed by atoms with E-state index in [-0.39, 0.29) is 23.5 Å². The minimum Gasteiger partial charge on any atom is -0.508 e. The number of hydrogen-bond acceptors (Lipinski definition) is 5. The summed E-state index contributed by atoms with van der Waals surface area (Å²) >= 11 is 1.44. The van der Waals surface area contributed by atoms with Crippen molar-refractivity contribution >= 4 is 23.6 Å². The molecule has 0 aromatic heterocycles. The van der Waals surface area contributed by atoms with Crippen molar-refractivity contribution in [1.29, 1.82) is 0 Å². The number of phenolic OH excluding ortho intramolecular Hbond substituents is 1. The van der Waals surface area contributed by atoms with E-state index in [9.17, 15) is 14.7 Å². The van der Waals surface area contributed by atoms with Gasteiger partial charge in [-0.15, -0.1) is 11.8 Å². The molecule has 7 heteroatoms. The molecule has 21 heavy (non-hydrogen) atoms. The number of phenols is 1. The van der Waals surface area contributed by atoms with Gasteiger partial charge in [0.25, 0.3) is 0 Å². The van der Waals surface area contributed by atoms with Gasteiger partial charge in [-0.3, -0.25) is 15.0 Å². The predicted molar refractivity (Wildman–Crippen MR) is 80.5 cm³/mol. The Morgan fingerprint density at radius 2 is 1.90 bits per heavy atom. The monoisotopic (exact) mass is 309 g/mol. The van der Waals surface area contributed by atoms with Crippen LogP contribution in [0.15, 0.2) is 29.2 Å². The summed E-state index contributed by atoms with van der Waals surface area (Å²) in [6.45, 7) is 1.18. The van der Waals surface area contributed by atoms with Crippen LogP contribution in [0, 0.1) is 5.92 Å². The maximum Gasteiger partial charge on any atom is 0.237 e. The number of rotatable bonds is 4. The number of hydrazine groups is 1. The van der Waals surface area contributed by atoms with Crippen LogP contribution < -0.4 is 11.3 Å². The third kappa shape index (κ3) is 4.37. The number of likely N-dealkylation sites (tertiary alicyclic amines) is 1. The topological polar surface area (TPSA) is 95.7 Å². The summed E-state index contributed by atoms with van der Waals surface area (Å²) in [5.41, 5.74) is 2.16. The molecule has 0 radical (unpaired) electrons. The van der Waals surface area contributed by atoms with Crippen LogP contribution in [-0.4, -0.2) is 40.7 Å². The molecule has 114 valence electrons. The van der Waals surface area contributed by atoms with E-state index >= 15 is 0 Å². The lowest BCUT2D eigenvalue weighted by molar-refractivity contribution is -0.133. The van der Waals surface area contributed by atoms with Crippen molar-refractivity contribution in [3.05, 3.63) is 24.3 Å². The molecule has 1 aromatic rings. The summed E-state index contributed by atoms with van der Waals surface area (Å²) < 4.78 is 0. The summed E-state index contributed by atoms with van der Waals surface area (Å²) in [4.78, 5) is 26.3. The van der Waals surface area contributed by atoms with Gasteiger partial charge in [-0.1, -0.05) is 0 Å². The van der Waals surface area contributed by atoms with Gasteiger partial charge in [0.1, 0.15) is 5.75 Å². The highest BCUT2D eigenvalue weighted by Gasteiger charge is 2.26. The number of nitrogens with zero attached hydrogens (tertiary/aromatic N) is 1. The Balaban J connectivity index is 1.77. The van der Waals surface area contributed by atoms with Crippen molar-refractivity contribution < 1.29 is 14.7 Å². The van der Waals surface area contributed by atoms with E-state index in [2.05, 4.69) is 5.43 Å². The highest BCUT2D eigenvalue weighted by atomic mass is 32.2. The largest absolute Gasteiger partial charge is 0.508 e. The van der Waals surface area contributed by atoms with E-state index in [1.54, 1.807) is 29.2 Å². The zero-order valence-corrected chi connectivity index (χ0v) is 12.4. The van der Waals surface area contributed by atoms with Crippen LogP contribution in [0.5, 0.6) is 5.75 Å². The first-order valence-corrected chi connectivity index (χ1v) is 7.79. The number of aromatic hydroxyl groups is 1.